The summed E-state index contributed by atoms with van der Waals surface area (Å²) in [7, 11) is -1.86. The van der Waals surface area contributed by atoms with Gasteiger partial charge in [0.25, 0.3) is 0 Å². The van der Waals surface area contributed by atoms with Crippen LogP contribution in [0.2, 0.25) is 0 Å². The average Bonchev–Trinajstić information content (AvgIpc) is 2.43. The molecular weight excluding hydrogens is 288 g/mol. The fourth-order valence-electron chi connectivity index (χ4n) is 2.68. The van der Waals surface area contributed by atoms with E-state index >= 15 is 0 Å². The molecule has 118 valence electrons. The molecule has 1 saturated heterocycles. The Morgan fingerprint density at radius 1 is 1.29 bits per heavy atom. The summed E-state index contributed by atoms with van der Waals surface area (Å²) < 4.78 is 32.3. The van der Waals surface area contributed by atoms with Gasteiger partial charge < -0.3 is 10.5 Å². The van der Waals surface area contributed by atoms with Crippen molar-refractivity contribution in [2.75, 3.05) is 32.5 Å². The standard InChI is InChI=1S/C15H24N2O3S/c1-11-8-14(16)9-15(12(11)2)21(18,19)17(3)10-13-4-6-20-7-5-13/h8-9,13H,4-7,10,16H2,1-3H3. The maximum absolute atomic E-state index is 12.8. The van der Waals surface area contributed by atoms with Crippen molar-refractivity contribution in [1.82, 2.24) is 4.31 Å². The number of nitrogen functional groups attached to an aromatic ring is 1. The molecule has 2 rings (SSSR count). The number of hydrogen-bond acceptors (Lipinski definition) is 4. The van der Waals surface area contributed by atoms with Crippen molar-refractivity contribution in [2.24, 2.45) is 5.92 Å². The Morgan fingerprint density at radius 3 is 2.52 bits per heavy atom. The van der Waals surface area contributed by atoms with Crippen molar-refractivity contribution in [2.45, 2.75) is 31.6 Å². The van der Waals surface area contributed by atoms with Crippen molar-refractivity contribution in [3.05, 3.63) is 23.3 Å². The highest BCUT2D eigenvalue weighted by atomic mass is 32.2. The molecule has 1 heterocycles. The Bertz CT molecular complexity index is 608. The molecule has 21 heavy (non-hydrogen) atoms. The number of nitrogens with zero attached hydrogens (tertiary/aromatic N) is 1. The van der Waals surface area contributed by atoms with Gasteiger partial charge in [0, 0.05) is 32.5 Å². The summed E-state index contributed by atoms with van der Waals surface area (Å²) in [5, 5.41) is 0. The zero-order chi connectivity index (χ0) is 15.6. The molecule has 0 amide bonds. The lowest BCUT2D eigenvalue weighted by molar-refractivity contribution is 0.0620. The smallest absolute Gasteiger partial charge is 0.243 e. The first-order valence-electron chi connectivity index (χ1n) is 7.23. The minimum Gasteiger partial charge on any atom is -0.399 e. The van der Waals surface area contributed by atoms with Crippen LogP contribution in [0.5, 0.6) is 0 Å². The summed E-state index contributed by atoms with van der Waals surface area (Å²) in [6.07, 6.45) is 1.82. The van der Waals surface area contributed by atoms with E-state index in [1.165, 1.54) is 4.31 Å². The predicted molar refractivity (Wildman–Crippen MR) is 83.7 cm³/mol. The molecule has 0 radical (unpaired) electrons. The molecule has 6 heteroatoms. The van der Waals surface area contributed by atoms with Crippen LogP contribution in [-0.2, 0) is 14.8 Å². The van der Waals surface area contributed by atoms with Crippen LogP contribution in [0.4, 0.5) is 5.69 Å². The maximum Gasteiger partial charge on any atom is 0.243 e. The molecule has 0 bridgehead atoms. The van der Waals surface area contributed by atoms with Gasteiger partial charge in [-0.3, -0.25) is 0 Å². The van der Waals surface area contributed by atoms with Gasteiger partial charge in [-0.25, -0.2) is 12.7 Å². The zero-order valence-electron chi connectivity index (χ0n) is 12.9. The van der Waals surface area contributed by atoms with Gasteiger partial charge in [-0.05, 0) is 55.9 Å². The van der Waals surface area contributed by atoms with Gasteiger partial charge in [0.05, 0.1) is 4.90 Å². The van der Waals surface area contributed by atoms with E-state index < -0.39 is 10.0 Å². The quantitative estimate of drug-likeness (QED) is 0.862. The van der Waals surface area contributed by atoms with Gasteiger partial charge in [0.15, 0.2) is 0 Å². The first-order chi connectivity index (χ1) is 9.82. The molecule has 0 aliphatic carbocycles. The SMILES string of the molecule is Cc1cc(N)cc(S(=O)(=O)N(C)CC2CCOCC2)c1C. The van der Waals surface area contributed by atoms with Crippen LogP contribution in [0, 0.1) is 19.8 Å². The highest BCUT2D eigenvalue weighted by Crippen LogP contribution is 2.26. The van der Waals surface area contributed by atoms with E-state index in [1.807, 2.05) is 13.8 Å². The lowest BCUT2D eigenvalue weighted by Gasteiger charge is -2.27. The van der Waals surface area contributed by atoms with E-state index in [0.29, 0.717) is 23.0 Å². The van der Waals surface area contributed by atoms with Crippen LogP contribution in [0.3, 0.4) is 0 Å². The van der Waals surface area contributed by atoms with Crippen molar-refractivity contribution >= 4 is 15.7 Å². The third-order valence-corrected chi connectivity index (χ3v) is 6.14. The van der Waals surface area contributed by atoms with Crippen LogP contribution in [-0.4, -0.2) is 39.5 Å². The van der Waals surface area contributed by atoms with Crippen LogP contribution in [0.25, 0.3) is 0 Å². The van der Waals surface area contributed by atoms with E-state index in [-0.39, 0.29) is 0 Å². The Labute approximate surface area is 127 Å². The first kappa shape index (κ1) is 16.3. The molecule has 0 spiro atoms. The molecule has 0 saturated carbocycles. The monoisotopic (exact) mass is 312 g/mol. The third-order valence-electron chi connectivity index (χ3n) is 4.19. The second-order valence-corrected chi connectivity index (χ2v) is 7.82. The molecule has 2 N–H and O–H groups in total. The fourth-order valence-corrected chi connectivity index (χ4v) is 4.26. The topological polar surface area (TPSA) is 72.6 Å². The molecule has 0 aromatic heterocycles. The van der Waals surface area contributed by atoms with Crippen molar-refractivity contribution in [3.63, 3.8) is 0 Å². The zero-order valence-corrected chi connectivity index (χ0v) is 13.7. The summed E-state index contributed by atoms with van der Waals surface area (Å²) in [5.74, 6) is 0.362. The van der Waals surface area contributed by atoms with Crippen LogP contribution in [0.15, 0.2) is 17.0 Å². The average molecular weight is 312 g/mol. The van der Waals surface area contributed by atoms with Crippen molar-refractivity contribution < 1.29 is 13.2 Å². The number of anilines is 1. The Morgan fingerprint density at radius 2 is 1.90 bits per heavy atom. The summed E-state index contributed by atoms with van der Waals surface area (Å²) in [6, 6.07) is 3.35. The molecule has 0 unspecified atom stereocenters. The predicted octanol–water partition coefficient (Wildman–Crippen LogP) is 1.93. The van der Waals surface area contributed by atoms with Crippen LogP contribution in [0.1, 0.15) is 24.0 Å². The van der Waals surface area contributed by atoms with Gasteiger partial charge >= 0.3 is 0 Å². The Hall–Kier alpha value is -1.11. The molecule has 0 atom stereocenters. The molecular formula is C15H24N2O3S. The Balaban J connectivity index is 2.24. The minimum atomic E-state index is -3.50. The summed E-state index contributed by atoms with van der Waals surface area (Å²) in [5.41, 5.74) is 7.96. The number of rotatable bonds is 4. The molecule has 1 aliphatic rings. The minimum absolute atomic E-state index is 0.314. The van der Waals surface area contributed by atoms with E-state index in [4.69, 9.17) is 10.5 Å². The second-order valence-electron chi connectivity index (χ2n) is 5.80. The molecule has 1 aliphatic heterocycles. The number of aryl methyl sites for hydroxylation is 1. The summed E-state index contributed by atoms with van der Waals surface area (Å²) in [6.45, 7) is 5.66. The van der Waals surface area contributed by atoms with E-state index in [2.05, 4.69) is 0 Å². The highest BCUT2D eigenvalue weighted by molar-refractivity contribution is 7.89. The van der Waals surface area contributed by atoms with E-state index in [9.17, 15) is 8.42 Å². The molecule has 5 nitrogen and oxygen atoms in total. The number of sulfonamides is 1. The lowest BCUT2D eigenvalue weighted by Crippen LogP contribution is -2.34. The number of ether oxygens (including phenoxy) is 1. The van der Waals surface area contributed by atoms with Gasteiger partial charge in [0.2, 0.25) is 10.0 Å². The first-order valence-corrected chi connectivity index (χ1v) is 8.67. The normalized spacial score (nSPS) is 17.3. The van der Waals surface area contributed by atoms with Crippen LogP contribution < -0.4 is 5.73 Å². The molecule has 1 aromatic rings. The van der Waals surface area contributed by atoms with E-state index in [0.717, 1.165) is 37.2 Å². The summed E-state index contributed by atoms with van der Waals surface area (Å²) in [4.78, 5) is 0.314. The highest BCUT2D eigenvalue weighted by Gasteiger charge is 2.27. The van der Waals surface area contributed by atoms with Gasteiger partial charge in [0.1, 0.15) is 0 Å². The number of hydrogen-bond donors (Lipinski definition) is 1. The van der Waals surface area contributed by atoms with Crippen LogP contribution >= 0.6 is 0 Å². The molecule has 1 fully saturated rings. The van der Waals surface area contributed by atoms with Gasteiger partial charge in [-0.2, -0.15) is 0 Å². The van der Waals surface area contributed by atoms with Gasteiger partial charge in [-0.15, -0.1) is 0 Å². The summed E-state index contributed by atoms with van der Waals surface area (Å²) >= 11 is 0. The third kappa shape index (κ3) is 3.56. The molecule has 1 aromatic carbocycles. The van der Waals surface area contributed by atoms with Gasteiger partial charge in [-0.1, -0.05) is 0 Å². The number of benzene rings is 1. The van der Waals surface area contributed by atoms with Crippen molar-refractivity contribution in [1.29, 1.82) is 0 Å². The van der Waals surface area contributed by atoms with E-state index in [1.54, 1.807) is 19.2 Å². The largest absolute Gasteiger partial charge is 0.399 e. The maximum atomic E-state index is 12.8. The fraction of sp³-hybridized carbons (Fsp3) is 0.600. The Kier molecular flexibility index (Phi) is 4.91. The number of nitrogens with two attached hydrogens (primary N) is 1. The van der Waals surface area contributed by atoms with Crippen molar-refractivity contribution in [3.8, 4) is 0 Å². The second kappa shape index (κ2) is 6.34. The lowest BCUT2D eigenvalue weighted by atomic mass is 10.0.